The summed E-state index contributed by atoms with van der Waals surface area (Å²) in [4.78, 5) is 0. The van der Waals surface area contributed by atoms with Crippen LogP contribution < -0.4 is 9.47 Å². The van der Waals surface area contributed by atoms with Gasteiger partial charge in [0, 0.05) is 25.0 Å². The maximum absolute atomic E-state index is 13.0. The molecule has 34 heavy (non-hydrogen) atoms. The number of nitrogens with zero attached hydrogens (tertiary/aromatic N) is 3. The monoisotopic (exact) mass is 479 g/mol. The summed E-state index contributed by atoms with van der Waals surface area (Å²) >= 11 is 1.54. The van der Waals surface area contributed by atoms with Crippen LogP contribution in [-0.2, 0) is 17.9 Å². The summed E-state index contributed by atoms with van der Waals surface area (Å²) in [5.74, 6) is 2.53. The van der Waals surface area contributed by atoms with Gasteiger partial charge in [0.25, 0.3) is 0 Å². The molecule has 8 heteroatoms. The number of hydrogen-bond donors (Lipinski definition) is 0. The van der Waals surface area contributed by atoms with Crippen molar-refractivity contribution in [3.8, 4) is 22.6 Å². The lowest BCUT2D eigenvalue weighted by Gasteiger charge is -2.13. The van der Waals surface area contributed by atoms with E-state index in [1.807, 2.05) is 47.0 Å². The molecule has 0 saturated carbocycles. The number of benzene rings is 3. The zero-order valence-electron chi connectivity index (χ0n) is 18.9. The van der Waals surface area contributed by atoms with E-state index in [1.54, 1.807) is 31.0 Å². The standard InChI is InChI=1S/C26H26FN3O3S/c1-31-16-15-30-25(19-33-24-10-6-5-9-23(24)20-7-3-2-4-8-20)28-29-26(30)34-18-17-32-22-13-11-21(27)12-14-22/h2-14H,15-19H2,1H3. The summed E-state index contributed by atoms with van der Waals surface area (Å²) in [7, 11) is 1.67. The Bertz CT molecular complexity index is 1170. The molecule has 0 spiro atoms. The molecule has 0 atom stereocenters. The minimum Gasteiger partial charge on any atom is -0.493 e. The second-order valence-electron chi connectivity index (χ2n) is 7.34. The Morgan fingerprint density at radius 3 is 2.41 bits per heavy atom. The Labute approximate surface area is 202 Å². The van der Waals surface area contributed by atoms with E-state index < -0.39 is 0 Å². The van der Waals surface area contributed by atoms with Gasteiger partial charge in [-0.15, -0.1) is 10.2 Å². The van der Waals surface area contributed by atoms with Crippen LogP contribution in [0.5, 0.6) is 11.5 Å². The van der Waals surface area contributed by atoms with Gasteiger partial charge in [0.2, 0.25) is 0 Å². The van der Waals surface area contributed by atoms with Crippen molar-refractivity contribution in [1.29, 1.82) is 0 Å². The van der Waals surface area contributed by atoms with Crippen LogP contribution in [0.2, 0.25) is 0 Å². The van der Waals surface area contributed by atoms with Gasteiger partial charge in [-0.2, -0.15) is 0 Å². The largest absolute Gasteiger partial charge is 0.493 e. The predicted octanol–water partition coefficient (Wildman–Crippen LogP) is 5.48. The number of halogens is 1. The van der Waals surface area contributed by atoms with Gasteiger partial charge in [-0.05, 0) is 35.9 Å². The van der Waals surface area contributed by atoms with E-state index in [0.717, 1.165) is 27.9 Å². The number of methoxy groups -OCH3 is 1. The molecule has 0 N–H and O–H groups in total. The molecule has 0 unspecified atom stereocenters. The van der Waals surface area contributed by atoms with Crippen molar-refractivity contribution in [2.75, 3.05) is 26.1 Å². The summed E-state index contributed by atoms with van der Waals surface area (Å²) in [6, 6.07) is 24.1. The average Bonchev–Trinajstić information content (AvgIpc) is 3.27. The van der Waals surface area contributed by atoms with Crippen molar-refractivity contribution >= 4 is 11.8 Å². The van der Waals surface area contributed by atoms with Crippen LogP contribution in [0.15, 0.2) is 84.0 Å². The lowest BCUT2D eigenvalue weighted by Crippen LogP contribution is -2.12. The molecule has 176 valence electrons. The molecule has 4 aromatic rings. The number of rotatable bonds is 12. The molecular formula is C26H26FN3O3S. The molecule has 0 amide bonds. The van der Waals surface area contributed by atoms with Crippen LogP contribution in [0.25, 0.3) is 11.1 Å². The van der Waals surface area contributed by atoms with Crippen LogP contribution in [0.3, 0.4) is 0 Å². The number of ether oxygens (including phenoxy) is 3. The first-order chi connectivity index (χ1) is 16.7. The number of thioether (sulfide) groups is 1. The molecule has 3 aromatic carbocycles. The van der Waals surface area contributed by atoms with Crippen molar-refractivity contribution < 1.29 is 18.6 Å². The lowest BCUT2D eigenvalue weighted by atomic mass is 10.1. The lowest BCUT2D eigenvalue weighted by molar-refractivity contribution is 0.181. The Balaban J connectivity index is 1.40. The number of aromatic nitrogens is 3. The maximum Gasteiger partial charge on any atom is 0.191 e. The van der Waals surface area contributed by atoms with Gasteiger partial charge >= 0.3 is 0 Å². The average molecular weight is 480 g/mol. The summed E-state index contributed by atoms with van der Waals surface area (Å²) in [6.07, 6.45) is 0. The zero-order chi connectivity index (χ0) is 23.6. The molecule has 1 aromatic heterocycles. The highest BCUT2D eigenvalue weighted by atomic mass is 32.2. The highest BCUT2D eigenvalue weighted by Crippen LogP contribution is 2.30. The van der Waals surface area contributed by atoms with E-state index in [9.17, 15) is 4.39 Å². The van der Waals surface area contributed by atoms with E-state index in [0.29, 0.717) is 31.3 Å². The summed E-state index contributed by atoms with van der Waals surface area (Å²) in [6.45, 7) is 1.89. The molecule has 0 aliphatic carbocycles. The van der Waals surface area contributed by atoms with Crippen LogP contribution in [0.4, 0.5) is 4.39 Å². The second kappa shape index (κ2) is 12.2. The van der Waals surface area contributed by atoms with E-state index in [1.165, 1.54) is 12.1 Å². The van der Waals surface area contributed by atoms with Crippen LogP contribution >= 0.6 is 11.8 Å². The molecular weight excluding hydrogens is 453 g/mol. The molecule has 0 saturated heterocycles. The SMILES string of the molecule is COCCn1c(COc2ccccc2-c2ccccc2)nnc1SCCOc1ccc(F)cc1. The Kier molecular flexibility index (Phi) is 8.54. The molecule has 0 aliphatic rings. The van der Waals surface area contributed by atoms with E-state index in [4.69, 9.17) is 14.2 Å². The Morgan fingerprint density at radius 2 is 1.62 bits per heavy atom. The Morgan fingerprint density at radius 1 is 0.853 bits per heavy atom. The summed E-state index contributed by atoms with van der Waals surface area (Å²) < 4.78 is 32.2. The van der Waals surface area contributed by atoms with E-state index >= 15 is 0 Å². The number of para-hydroxylation sites is 1. The first-order valence-corrected chi connectivity index (χ1v) is 11.9. The van der Waals surface area contributed by atoms with E-state index in [2.05, 4.69) is 22.3 Å². The molecule has 0 fully saturated rings. The zero-order valence-corrected chi connectivity index (χ0v) is 19.7. The fourth-order valence-electron chi connectivity index (χ4n) is 3.35. The van der Waals surface area contributed by atoms with Crippen molar-refractivity contribution in [2.24, 2.45) is 0 Å². The normalized spacial score (nSPS) is 10.9. The molecule has 4 rings (SSSR count). The highest BCUT2D eigenvalue weighted by molar-refractivity contribution is 7.99. The minimum atomic E-state index is -0.283. The topological polar surface area (TPSA) is 58.4 Å². The maximum atomic E-state index is 13.0. The van der Waals surface area contributed by atoms with Crippen LogP contribution in [-0.4, -0.2) is 40.8 Å². The Hall–Kier alpha value is -3.36. The minimum absolute atomic E-state index is 0.283. The summed E-state index contributed by atoms with van der Waals surface area (Å²) in [5.41, 5.74) is 2.12. The third-order valence-electron chi connectivity index (χ3n) is 5.04. The molecule has 1 heterocycles. The van der Waals surface area contributed by atoms with Gasteiger partial charge in [-0.1, -0.05) is 60.3 Å². The van der Waals surface area contributed by atoms with Gasteiger partial charge in [0.15, 0.2) is 11.0 Å². The van der Waals surface area contributed by atoms with Crippen LogP contribution in [0.1, 0.15) is 5.82 Å². The van der Waals surface area contributed by atoms with Gasteiger partial charge < -0.3 is 18.8 Å². The van der Waals surface area contributed by atoms with Crippen LogP contribution in [0, 0.1) is 5.82 Å². The molecule has 0 radical (unpaired) electrons. The third kappa shape index (κ3) is 6.36. The van der Waals surface area contributed by atoms with Gasteiger partial charge in [-0.25, -0.2) is 4.39 Å². The van der Waals surface area contributed by atoms with Gasteiger partial charge in [-0.3, -0.25) is 0 Å². The predicted molar refractivity (Wildman–Crippen MR) is 131 cm³/mol. The fourth-order valence-corrected chi connectivity index (χ4v) is 4.15. The summed E-state index contributed by atoms with van der Waals surface area (Å²) in [5, 5.41) is 9.49. The first-order valence-electron chi connectivity index (χ1n) is 10.9. The first kappa shape index (κ1) is 23.8. The highest BCUT2D eigenvalue weighted by Gasteiger charge is 2.14. The van der Waals surface area contributed by atoms with Crippen molar-refractivity contribution in [3.05, 3.63) is 90.5 Å². The third-order valence-corrected chi connectivity index (χ3v) is 5.97. The fraction of sp³-hybridized carbons (Fsp3) is 0.231. The number of hydrogen-bond acceptors (Lipinski definition) is 6. The molecule has 0 aliphatic heterocycles. The quantitative estimate of drug-likeness (QED) is 0.198. The van der Waals surface area contributed by atoms with Gasteiger partial charge in [0.1, 0.15) is 23.9 Å². The molecule has 6 nitrogen and oxygen atoms in total. The van der Waals surface area contributed by atoms with Crippen molar-refractivity contribution in [2.45, 2.75) is 18.3 Å². The second-order valence-corrected chi connectivity index (χ2v) is 8.41. The van der Waals surface area contributed by atoms with Crippen molar-refractivity contribution in [3.63, 3.8) is 0 Å². The smallest absolute Gasteiger partial charge is 0.191 e. The van der Waals surface area contributed by atoms with Gasteiger partial charge in [0.05, 0.1) is 13.2 Å². The molecule has 0 bridgehead atoms. The van der Waals surface area contributed by atoms with E-state index in [-0.39, 0.29) is 12.4 Å². The van der Waals surface area contributed by atoms with Crippen molar-refractivity contribution in [1.82, 2.24) is 14.8 Å².